The summed E-state index contributed by atoms with van der Waals surface area (Å²) in [5.41, 5.74) is 0.266. The molecule has 0 aromatic carbocycles. The number of nitrogens with one attached hydrogen (secondary N) is 1. The van der Waals surface area contributed by atoms with Crippen molar-refractivity contribution in [3.8, 4) is 0 Å². The lowest BCUT2D eigenvalue weighted by atomic mass is 9.85. The van der Waals surface area contributed by atoms with Gasteiger partial charge in [-0.2, -0.15) is 4.37 Å². The van der Waals surface area contributed by atoms with Crippen LogP contribution in [0.5, 0.6) is 0 Å². The summed E-state index contributed by atoms with van der Waals surface area (Å²) in [6, 6.07) is 0.473. The lowest BCUT2D eigenvalue weighted by Gasteiger charge is -2.30. The number of likely N-dealkylation sites (N-methyl/N-ethyl adjacent to an activating group) is 1. The third-order valence-corrected chi connectivity index (χ3v) is 2.96. The smallest absolute Gasteiger partial charge is 0.129 e. The molecule has 14 heavy (non-hydrogen) atoms. The van der Waals surface area contributed by atoms with Crippen molar-refractivity contribution in [1.82, 2.24) is 14.7 Å². The standard InChI is InChI=1S/C10H19N3S/c1-5-11-8(10(2,3)4)6-9-12-7-13-14-9/h7-8,11H,5-6H2,1-4H3. The Morgan fingerprint density at radius 2 is 2.21 bits per heavy atom. The monoisotopic (exact) mass is 213 g/mol. The first-order valence-corrected chi connectivity index (χ1v) is 5.80. The molecule has 0 fully saturated rings. The van der Waals surface area contributed by atoms with Gasteiger partial charge < -0.3 is 5.32 Å². The predicted molar refractivity (Wildman–Crippen MR) is 60.5 cm³/mol. The molecular formula is C10H19N3S. The number of rotatable bonds is 4. The largest absolute Gasteiger partial charge is 0.313 e. The van der Waals surface area contributed by atoms with Crippen molar-refractivity contribution in [1.29, 1.82) is 0 Å². The van der Waals surface area contributed by atoms with Crippen LogP contribution < -0.4 is 5.32 Å². The van der Waals surface area contributed by atoms with Gasteiger partial charge in [0.2, 0.25) is 0 Å². The van der Waals surface area contributed by atoms with Crippen molar-refractivity contribution in [2.24, 2.45) is 5.41 Å². The number of hydrogen-bond donors (Lipinski definition) is 1. The van der Waals surface area contributed by atoms with Crippen LogP contribution in [0, 0.1) is 5.41 Å². The minimum absolute atomic E-state index is 0.266. The van der Waals surface area contributed by atoms with Crippen LogP contribution in [-0.4, -0.2) is 21.9 Å². The van der Waals surface area contributed by atoms with Crippen LogP contribution in [0.4, 0.5) is 0 Å². The summed E-state index contributed by atoms with van der Waals surface area (Å²) in [6.45, 7) is 9.89. The molecule has 0 saturated carbocycles. The van der Waals surface area contributed by atoms with Crippen LogP contribution in [0.1, 0.15) is 32.7 Å². The molecule has 0 saturated heterocycles. The Bertz CT molecular complexity index is 251. The summed E-state index contributed by atoms with van der Waals surface area (Å²) in [4.78, 5) is 4.22. The zero-order chi connectivity index (χ0) is 10.6. The van der Waals surface area contributed by atoms with E-state index in [9.17, 15) is 0 Å². The van der Waals surface area contributed by atoms with Gasteiger partial charge in [-0.05, 0) is 23.5 Å². The zero-order valence-electron chi connectivity index (χ0n) is 9.37. The lowest BCUT2D eigenvalue weighted by Crippen LogP contribution is -2.41. The molecule has 0 radical (unpaired) electrons. The molecule has 0 aliphatic carbocycles. The Balaban J connectivity index is 2.60. The van der Waals surface area contributed by atoms with Crippen molar-refractivity contribution < 1.29 is 0 Å². The Kier molecular flexibility index (Phi) is 4.01. The molecule has 3 nitrogen and oxygen atoms in total. The third kappa shape index (κ3) is 3.35. The van der Waals surface area contributed by atoms with Gasteiger partial charge in [-0.1, -0.05) is 27.7 Å². The van der Waals surface area contributed by atoms with E-state index in [0.717, 1.165) is 18.0 Å². The lowest BCUT2D eigenvalue weighted by molar-refractivity contribution is 0.270. The maximum absolute atomic E-state index is 4.22. The van der Waals surface area contributed by atoms with Crippen LogP contribution in [-0.2, 0) is 6.42 Å². The van der Waals surface area contributed by atoms with Crippen molar-refractivity contribution in [2.75, 3.05) is 6.54 Å². The number of hydrogen-bond acceptors (Lipinski definition) is 4. The molecule has 1 aromatic heterocycles. The highest BCUT2D eigenvalue weighted by atomic mass is 32.1. The summed E-state index contributed by atoms with van der Waals surface area (Å²) in [5, 5.41) is 4.62. The van der Waals surface area contributed by atoms with Crippen LogP contribution in [0.15, 0.2) is 6.33 Å². The van der Waals surface area contributed by atoms with Gasteiger partial charge in [-0.3, -0.25) is 0 Å². The van der Waals surface area contributed by atoms with Crippen molar-refractivity contribution in [3.63, 3.8) is 0 Å². The van der Waals surface area contributed by atoms with Gasteiger partial charge in [0.05, 0.1) is 0 Å². The first-order chi connectivity index (χ1) is 6.54. The molecule has 80 valence electrons. The molecule has 1 N–H and O–H groups in total. The Labute approximate surface area is 90.1 Å². The first kappa shape index (κ1) is 11.6. The summed E-state index contributed by atoms with van der Waals surface area (Å²) >= 11 is 1.49. The number of nitrogens with zero attached hydrogens (tertiary/aromatic N) is 2. The van der Waals surface area contributed by atoms with Gasteiger partial charge >= 0.3 is 0 Å². The minimum Gasteiger partial charge on any atom is -0.313 e. The van der Waals surface area contributed by atoms with Crippen molar-refractivity contribution in [3.05, 3.63) is 11.3 Å². The molecule has 0 aliphatic rings. The first-order valence-electron chi connectivity index (χ1n) is 5.03. The highest BCUT2D eigenvalue weighted by Crippen LogP contribution is 2.22. The Morgan fingerprint density at radius 3 is 2.64 bits per heavy atom. The molecule has 0 spiro atoms. The van der Waals surface area contributed by atoms with Gasteiger partial charge in [-0.15, -0.1) is 0 Å². The van der Waals surface area contributed by atoms with Crippen LogP contribution in [0.25, 0.3) is 0 Å². The molecule has 0 bridgehead atoms. The van der Waals surface area contributed by atoms with Crippen LogP contribution >= 0.6 is 11.5 Å². The third-order valence-electron chi connectivity index (χ3n) is 2.28. The highest BCUT2D eigenvalue weighted by molar-refractivity contribution is 7.05. The van der Waals surface area contributed by atoms with Crippen molar-refractivity contribution >= 4 is 11.5 Å². The van der Waals surface area contributed by atoms with E-state index in [1.54, 1.807) is 6.33 Å². The molecule has 0 aliphatic heterocycles. The molecule has 1 atom stereocenters. The van der Waals surface area contributed by atoms with E-state index in [1.165, 1.54) is 11.5 Å². The van der Waals surface area contributed by atoms with E-state index in [1.807, 2.05) is 0 Å². The van der Waals surface area contributed by atoms with Gasteiger partial charge in [0.1, 0.15) is 11.3 Å². The average Bonchev–Trinajstić information content (AvgIpc) is 2.54. The molecule has 1 heterocycles. The predicted octanol–water partition coefficient (Wildman–Crippen LogP) is 2.10. The van der Waals surface area contributed by atoms with E-state index in [-0.39, 0.29) is 5.41 Å². The normalized spacial score (nSPS) is 14.3. The van der Waals surface area contributed by atoms with Crippen molar-refractivity contribution in [2.45, 2.75) is 40.2 Å². The second-order valence-corrected chi connectivity index (χ2v) is 5.38. The van der Waals surface area contributed by atoms with E-state index in [2.05, 4.69) is 42.4 Å². The fourth-order valence-electron chi connectivity index (χ4n) is 1.39. The maximum atomic E-state index is 4.22. The fourth-order valence-corrected chi connectivity index (χ4v) is 1.94. The van der Waals surface area contributed by atoms with E-state index >= 15 is 0 Å². The summed E-state index contributed by atoms with van der Waals surface area (Å²) in [6.07, 6.45) is 2.60. The Hall–Kier alpha value is -0.480. The fraction of sp³-hybridized carbons (Fsp3) is 0.800. The quantitative estimate of drug-likeness (QED) is 0.832. The van der Waals surface area contributed by atoms with Gasteiger partial charge in [0.25, 0.3) is 0 Å². The van der Waals surface area contributed by atoms with Gasteiger partial charge in [0, 0.05) is 12.5 Å². The molecule has 1 aromatic rings. The summed E-state index contributed by atoms with van der Waals surface area (Å²) < 4.78 is 4.02. The average molecular weight is 213 g/mol. The van der Waals surface area contributed by atoms with E-state index < -0.39 is 0 Å². The zero-order valence-corrected chi connectivity index (χ0v) is 10.2. The molecule has 0 amide bonds. The second-order valence-electron chi connectivity index (χ2n) is 4.52. The molecule has 1 rings (SSSR count). The van der Waals surface area contributed by atoms with Crippen LogP contribution in [0.3, 0.4) is 0 Å². The van der Waals surface area contributed by atoms with E-state index in [4.69, 9.17) is 0 Å². The van der Waals surface area contributed by atoms with Gasteiger partial charge in [-0.25, -0.2) is 4.98 Å². The number of aromatic nitrogens is 2. The SMILES string of the molecule is CCNC(Cc1ncns1)C(C)(C)C. The highest BCUT2D eigenvalue weighted by Gasteiger charge is 2.24. The topological polar surface area (TPSA) is 37.8 Å². The summed E-state index contributed by atoms with van der Waals surface area (Å²) in [7, 11) is 0. The van der Waals surface area contributed by atoms with Gasteiger partial charge in [0.15, 0.2) is 0 Å². The summed E-state index contributed by atoms with van der Waals surface area (Å²) in [5.74, 6) is 0. The van der Waals surface area contributed by atoms with Crippen LogP contribution in [0.2, 0.25) is 0 Å². The Morgan fingerprint density at radius 1 is 1.50 bits per heavy atom. The molecule has 4 heteroatoms. The van der Waals surface area contributed by atoms with E-state index in [0.29, 0.717) is 6.04 Å². The minimum atomic E-state index is 0.266. The maximum Gasteiger partial charge on any atom is 0.129 e. The molecule has 1 unspecified atom stereocenters. The second kappa shape index (κ2) is 4.84. The molecular weight excluding hydrogens is 194 g/mol.